The van der Waals surface area contributed by atoms with Crippen LogP contribution < -0.4 is 10.5 Å². The fourth-order valence-corrected chi connectivity index (χ4v) is 2.04. The fraction of sp³-hybridized carbons (Fsp3) is 0.700. The standard InChI is InChI=1S/C10H16N2O2/c1-13-10-9(7-4-2-3-5-7)14-8(6-11)12-10/h7H,2-6,11H2,1H3. The minimum absolute atomic E-state index is 0.336. The van der Waals surface area contributed by atoms with Crippen molar-refractivity contribution in [2.75, 3.05) is 7.11 Å². The van der Waals surface area contributed by atoms with Gasteiger partial charge in [-0.05, 0) is 12.8 Å². The summed E-state index contributed by atoms with van der Waals surface area (Å²) < 4.78 is 10.8. The van der Waals surface area contributed by atoms with Crippen LogP contribution in [0.3, 0.4) is 0 Å². The molecule has 0 spiro atoms. The number of methoxy groups -OCH3 is 1. The first-order chi connectivity index (χ1) is 6.85. The van der Waals surface area contributed by atoms with Crippen molar-refractivity contribution in [2.45, 2.75) is 38.1 Å². The zero-order chi connectivity index (χ0) is 9.97. The van der Waals surface area contributed by atoms with Crippen molar-refractivity contribution < 1.29 is 9.15 Å². The van der Waals surface area contributed by atoms with Crippen molar-refractivity contribution in [1.29, 1.82) is 0 Å². The number of rotatable bonds is 3. The van der Waals surface area contributed by atoms with Gasteiger partial charge in [0.05, 0.1) is 13.7 Å². The van der Waals surface area contributed by atoms with Crippen LogP contribution in [0.15, 0.2) is 4.42 Å². The number of nitrogens with two attached hydrogens (primary N) is 1. The van der Waals surface area contributed by atoms with Crippen LogP contribution in [0.5, 0.6) is 5.88 Å². The molecule has 4 nitrogen and oxygen atoms in total. The number of ether oxygens (including phenoxy) is 1. The second-order valence-corrected chi connectivity index (χ2v) is 3.67. The zero-order valence-corrected chi connectivity index (χ0v) is 8.45. The molecular formula is C10H16N2O2. The molecule has 4 heteroatoms. The average Bonchev–Trinajstić information content (AvgIpc) is 2.85. The summed E-state index contributed by atoms with van der Waals surface area (Å²) in [6, 6.07) is 0. The molecule has 1 heterocycles. The maximum absolute atomic E-state index is 5.58. The van der Waals surface area contributed by atoms with Gasteiger partial charge in [0.1, 0.15) is 0 Å². The molecule has 78 valence electrons. The molecule has 2 N–H and O–H groups in total. The summed E-state index contributed by atoms with van der Waals surface area (Å²) in [5, 5.41) is 0. The first-order valence-corrected chi connectivity index (χ1v) is 5.08. The lowest BCUT2D eigenvalue weighted by atomic mass is 10.1. The van der Waals surface area contributed by atoms with E-state index in [0.29, 0.717) is 24.2 Å². The van der Waals surface area contributed by atoms with Crippen molar-refractivity contribution in [3.8, 4) is 5.88 Å². The van der Waals surface area contributed by atoms with Gasteiger partial charge < -0.3 is 14.9 Å². The number of oxazole rings is 1. The molecule has 1 saturated carbocycles. The van der Waals surface area contributed by atoms with Gasteiger partial charge in [0.25, 0.3) is 5.88 Å². The third-order valence-corrected chi connectivity index (χ3v) is 2.76. The SMILES string of the molecule is COc1nc(CN)oc1C1CCCC1. The summed E-state index contributed by atoms with van der Waals surface area (Å²) in [5.74, 6) is 2.57. The molecule has 1 fully saturated rings. The van der Waals surface area contributed by atoms with Gasteiger partial charge in [-0.25, -0.2) is 0 Å². The van der Waals surface area contributed by atoms with E-state index in [1.807, 2.05) is 0 Å². The highest BCUT2D eigenvalue weighted by Gasteiger charge is 2.25. The molecule has 0 bridgehead atoms. The Morgan fingerprint density at radius 2 is 2.21 bits per heavy atom. The van der Waals surface area contributed by atoms with E-state index in [0.717, 1.165) is 5.76 Å². The lowest BCUT2D eigenvalue weighted by Gasteiger charge is -2.05. The minimum atomic E-state index is 0.336. The van der Waals surface area contributed by atoms with E-state index >= 15 is 0 Å². The molecular weight excluding hydrogens is 180 g/mol. The highest BCUT2D eigenvalue weighted by molar-refractivity contribution is 5.21. The molecule has 0 aromatic carbocycles. The molecule has 14 heavy (non-hydrogen) atoms. The molecule has 0 amide bonds. The monoisotopic (exact) mass is 196 g/mol. The largest absolute Gasteiger partial charge is 0.479 e. The van der Waals surface area contributed by atoms with Crippen LogP contribution in [0.4, 0.5) is 0 Å². The van der Waals surface area contributed by atoms with Gasteiger partial charge in [-0.15, -0.1) is 0 Å². The van der Waals surface area contributed by atoms with Crippen molar-refractivity contribution in [2.24, 2.45) is 5.73 Å². The van der Waals surface area contributed by atoms with E-state index in [9.17, 15) is 0 Å². The van der Waals surface area contributed by atoms with E-state index < -0.39 is 0 Å². The normalized spacial score (nSPS) is 17.6. The van der Waals surface area contributed by atoms with Crippen molar-refractivity contribution in [3.05, 3.63) is 11.7 Å². The first kappa shape index (κ1) is 9.52. The van der Waals surface area contributed by atoms with E-state index in [2.05, 4.69) is 4.98 Å². The molecule has 0 aliphatic heterocycles. The Kier molecular flexibility index (Phi) is 2.72. The Balaban J connectivity index is 2.25. The van der Waals surface area contributed by atoms with Crippen LogP contribution in [0.1, 0.15) is 43.3 Å². The maximum atomic E-state index is 5.58. The van der Waals surface area contributed by atoms with Gasteiger partial charge in [0, 0.05) is 5.92 Å². The highest BCUT2D eigenvalue weighted by Crippen LogP contribution is 2.38. The summed E-state index contributed by atoms with van der Waals surface area (Å²) in [7, 11) is 1.62. The van der Waals surface area contributed by atoms with E-state index in [1.165, 1.54) is 25.7 Å². The smallest absolute Gasteiger partial charge is 0.256 e. The van der Waals surface area contributed by atoms with Crippen LogP contribution in [-0.4, -0.2) is 12.1 Å². The molecule has 2 rings (SSSR count). The van der Waals surface area contributed by atoms with Crippen molar-refractivity contribution in [3.63, 3.8) is 0 Å². The molecule has 0 unspecified atom stereocenters. The number of nitrogens with zero attached hydrogens (tertiary/aromatic N) is 1. The Hall–Kier alpha value is -1.03. The predicted octanol–water partition coefficient (Wildman–Crippen LogP) is 1.80. The molecule has 1 aromatic rings. The summed E-state index contributed by atoms with van der Waals surface area (Å²) in [6.45, 7) is 0.336. The van der Waals surface area contributed by atoms with Gasteiger partial charge in [0.2, 0.25) is 5.89 Å². The van der Waals surface area contributed by atoms with E-state index in [4.69, 9.17) is 14.9 Å². The molecule has 0 radical (unpaired) electrons. The third-order valence-electron chi connectivity index (χ3n) is 2.76. The lowest BCUT2D eigenvalue weighted by molar-refractivity contribution is 0.368. The summed E-state index contributed by atoms with van der Waals surface area (Å²) in [4.78, 5) is 4.18. The summed E-state index contributed by atoms with van der Waals surface area (Å²) >= 11 is 0. The van der Waals surface area contributed by atoms with Crippen LogP contribution in [-0.2, 0) is 6.54 Å². The molecule has 0 atom stereocenters. The number of hydrogen-bond acceptors (Lipinski definition) is 4. The number of aromatic nitrogens is 1. The second-order valence-electron chi connectivity index (χ2n) is 3.67. The van der Waals surface area contributed by atoms with E-state index in [-0.39, 0.29) is 0 Å². The Bertz CT molecular complexity index is 303. The fourth-order valence-electron chi connectivity index (χ4n) is 2.04. The highest BCUT2D eigenvalue weighted by atomic mass is 16.5. The van der Waals surface area contributed by atoms with E-state index in [1.54, 1.807) is 7.11 Å². The second kappa shape index (κ2) is 4.00. The van der Waals surface area contributed by atoms with Gasteiger partial charge in [0.15, 0.2) is 5.76 Å². The predicted molar refractivity (Wildman–Crippen MR) is 52.2 cm³/mol. The van der Waals surface area contributed by atoms with Crippen LogP contribution in [0.2, 0.25) is 0 Å². The molecule has 1 aliphatic carbocycles. The summed E-state index contributed by atoms with van der Waals surface area (Å²) in [5.41, 5.74) is 5.47. The minimum Gasteiger partial charge on any atom is -0.479 e. The van der Waals surface area contributed by atoms with Gasteiger partial charge in [-0.1, -0.05) is 12.8 Å². The Morgan fingerprint density at radius 3 is 2.79 bits per heavy atom. The van der Waals surface area contributed by atoms with Crippen molar-refractivity contribution >= 4 is 0 Å². The Morgan fingerprint density at radius 1 is 1.50 bits per heavy atom. The third kappa shape index (κ3) is 1.62. The quantitative estimate of drug-likeness (QED) is 0.800. The summed E-state index contributed by atoms with van der Waals surface area (Å²) in [6.07, 6.45) is 4.89. The van der Waals surface area contributed by atoms with Crippen LogP contribution in [0.25, 0.3) is 0 Å². The van der Waals surface area contributed by atoms with Crippen molar-refractivity contribution in [1.82, 2.24) is 4.98 Å². The first-order valence-electron chi connectivity index (χ1n) is 5.08. The molecule has 1 aliphatic rings. The van der Waals surface area contributed by atoms with Gasteiger partial charge >= 0.3 is 0 Å². The molecule has 0 saturated heterocycles. The Labute approximate surface area is 83.4 Å². The topological polar surface area (TPSA) is 61.3 Å². The van der Waals surface area contributed by atoms with Gasteiger partial charge in [-0.3, -0.25) is 0 Å². The lowest BCUT2D eigenvalue weighted by Crippen LogP contribution is -1.95. The number of hydrogen-bond donors (Lipinski definition) is 1. The van der Waals surface area contributed by atoms with Crippen LogP contribution >= 0.6 is 0 Å². The molecule has 1 aromatic heterocycles. The van der Waals surface area contributed by atoms with Crippen LogP contribution in [0, 0.1) is 0 Å². The maximum Gasteiger partial charge on any atom is 0.256 e. The zero-order valence-electron chi connectivity index (χ0n) is 8.45. The average molecular weight is 196 g/mol. The van der Waals surface area contributed by atoms with Gasteiger partial charge in [-0.2, -0.15) is 4.98 Å².